The average Bonchev–Trinajstić information content (AvgIpc) is 3.34. The number of rotatable bonds is 4. The van der Waals surface area contributed by atoms with Gasteiger partial charge in [-0.25, -0.2) is 8.42 Å². The van der Waals surface area contributed by atoms with E-state index < -0.39 is 9.84 Å². The van der Waals surface area contributed by atoms with Crippen LogP contribution in [-0.2, 0) is 9.84 Å². The van der Waals surface area contributed by atoms with Crippen LogP contribution in [0.1, 0.15) is 72.7 Å². The molecule has 0 radical (unpaired) electrons. The number of aromatic nitrogens is 1. The zero-order chi connectivity index (χ0) is 19.9. The maximum atomic E-state index is 13.1. The van der Waals surface area contributed by atoms with Gasteiger partial charge in [-0.15, -0.1) is 0 Å². The van der Waals surface area contributed by atoms with Crippen LogP contribution in [0, 0.1) is 13.8 Å². The summed E-state index contributed by atoms with van der Waals surface area (Å²) < 4.78 is 26.9. The molecule has 3 heterocycles. The van der Waals surface area contributed by atoms with Gasteiger partial charge in [-0.05, 0) is 58.7 Å². The molecule has 3 fully saturated rings. The van der Waals surface area contributed by atoms with E-state index in [9.17, 15) is 13.2 Å². The number of aryl methyl sites for hydroxylation is 1. The molecule has 7 heteroatoms. The van der Waals surface area contributed by atoms with E-state index in [1.165, 1.54) is 32.1 Å². The van der Waals surface area contributed by atoms with Gasteiger partial charge in [-0.1, -0.05) is 19.3 Å². The number of amides is 1. The molecule has 1 aromatic heterocycles. The molecule has 2 aliphatic heterocycles. The number of hydrogen-bond donors (Lipinski definition) is 1. The molecule has 1 N–H and O–H groups in total. The Hall–Kier alpha value is -1.34. The molecule has 1 aromatic rings. The Bertz CT molecular complexity index is 833. The van der Waals surface area contributed by atoms with Gasteiger partial charge in [-0.2, -0.15) is 0 Å². The summed E-state index contributed by atoms with van der Waals surface area (Å²) >= 11 is 0. The van der Waals surface area contributed by atoms with Gasteiger partial charge in [0.1, 0.15) is 0 Å². The van der Waals surface area contributed by atoms with Crippen molar-refractivity contribution in [1.29, 1.82) is 0 Å². The molecule has 2 atom stereocenters. The first kappa shape index (κ1) is 20.0. The maximum Gasteiger partial charge on any atom is 0.253 e. The Labute approximate surface area is 168 Å². The molecule has 6 nitrogen and oxygen atoms in total. The minimum Gasteiger partial charge on any atom is -0.347 e. The molecule has 3 aliphatic rings. The Morgan fingerprint density at radius 1 is 1.04 bits per heavy atom. The molecule has 1 aliphatic carbocycles. The molecular formula is C21H33N3O3S. The predicted molar refractivity (Wildman–Crippen MR) is 111 cm³/mol. The van der Waals surface area contributed by atoms with E-state index in [0.29, 0.717) is 11.6 Å². The van der Waals surface area contributed by atoms with Crippen LogP contribution < -0.4 is 5.32 Å². The molecule has 1 saturated carbocycles. The van der Waals surface area contributed by atoms with Gasteiger partial charge in [0.2, 0.25) is 0 Å². The molecule has 2 unspecified atom stereocenters. The largest absolute Gasteiger partial charge is 0.347 e. The number of sulfone groups is 1. The van der Waals surface area contributed by atoms with Gasteiger partial charge >= 0.3 is 0 Å². The van der Waals surface area contributed by atoms with Crippen LogP contribution in [0.5, 0.6) is 0 Å². The SMILES string of the molecule is Cc1cc(C(=O)NC2CS(=O)(=O)CC2N2CCCC2)c(C)n1C1CCCCC1. The molecule has 2 saturated heterocycles. The second-order valence-corrected chi connectivity index (χ2v) is 11.1. The monoisotopic (exact) mass is 407 g/mol. The van der Waals surface area contributed by atoms with E-state index in [1.807, 2.05) is 13.0 Å². The number of nitrogens with one attached hydrogen (secondary N) is 1. The van der Waals surface area contributed by atoms with Gasteiger partial charge in [-0.3, -0.25) is 9.69 Å². The van der Waals surface area contributed by atoms with Crippen LogP contribution in [0.2, 0.25) is 0 Å². The lowest BCUT2D eigenvalue weighted by atomic mass is 9.95. The third-order valence-corrected chi connectivity index (χ3v) is 8.63. The molecule has 1 amide bonds. The quantitative estimate of drug-likeness (QED) is 0.833. The molecule has 156 valence electrons. The summed E-state index contributed by atoms with van der Waals surface area (Å²) in [7, 11) is -3.10. The lowest BCUT2D eigenvalue weighted by Crippen LogP contribution is -2.50. The summed E-state index contributed by atoms with van der Waals surface area (Å²) in [5.41, 5.74) is 2.85. The van der Waals surface area contributed by atoms with E-state index in [4.69, 9.17) is 0 Å². The highest BCUT2D eigenvalue weighted by Gasteiger charge is 2.42. The van der Waals surface area contributed by atoms with Gasteiger partial charge in [0.05, 0.1) is 23.1 Å². The number of likely N-dealkylation sites (tertiary alicyclic amines) is 1. The first-order chi connectivity index (χ1) is 13.4. The van der Waals surface area contributed by atoms with Crippen molar-refractivity contribution in [1.82, 2.24) is 14.8 Å². The van der Waals surface area contributed by atoms with Crippen molar-refractivity contribution in [3.05, 3.63) is 23.0 Å². The smallest absolute Gasteiger partial charge is 0.253 e. The van der Waals surface area contributed by atoms with E-state index in [0.717, 1.165) is 37.3 Å². The van der Waals surface area contributed by atoms with E-state index >= 15 is 0 Å². The van der Waals surface area contributed by atoms with Gasteiger partial charge < -0.3 is 9.88 Å². The second kappa shape index (κ2) is 7.82. The normalized spacial score (nSPS) is 28.6. The van der Waals surface area contributed by atoms with Crippen molar-refractivity contribution in [2.24, 2.45) is 0 Å². The second-order valence-electron chi connectivity index (χ2n) is 8.91. The number of nitrogens with zero attached hydrogens (tertiary/aromatic N) is 2. The Morgan fingerprint density at radius 2 is 1.71 bits per heavy atom. The van der Waals surface area contributed by atoms with Gasteiger partial charge in [0, 0.05) is 23.5 Å². The van der Waals surface area contributed by atoms with Crippen molar-refractivity contribution in [2.75, 3.05) is 24.6 Å². The zero-order valence-corrected chi connectivity index (χ0v) is 17.9. The fraction of sp³-hybridized carbons (Fsp3) is 0.762. The molecule has 0 aromatic carbocycles. The lowest BCUT2D eigenvalue weighted by Gasteiger charge is -2.28. The van der Waals surface area contributed by atoms with E-state index in [1.54, 1.807) is 0 Å². The van der Waals surface area contributed by atoms with Crippen LogP contribution in [-0.4, -0.2) is 60.5 Å². The average molecular weight is 408 g/mol. The third kappa shape index (κ3) is 3.88. The number of carbonyl (C=O) groups is 1. The molecule has 4 rings (SSSR count). The Morgan fingerprint density at radius 3 is 2.39 bits per heavy atom. The van der Waals surface area contributed by atoms with Crippen molar-refractivity contribution in [3.8, 4) is 0 Å². The Kier molecular flexibility index (Phi) is 5.58. The summed E-state index contributed by atoms with van der Waals surface area (Å²) in [5, 5.41) is 3.09. The minimum atomic E-state index is -3.10. The summed E-state index contributed by atoms with van der Waals surface area (Å²) in [4.78, 5) is 15.4. The van der Waals surface area contributed by atoms with Crippen LogP contribution in [0.3, 0.4) is 0 Å². The topological polar surface area (TPSA) is 71.4 Å². The molecule has 28 heavy (non-hydrogen) atoms. The van der Waals surface area contributed by atoms with Crippen molar-refractivity contribution < 1.29 is 13.2 Å². The molecular weight excluding hydrogens is 374 g/mol. The standard InChI is InChI=1S/C21H33N3O3S/c1-15-12-18(16(2)24(15)17-8-4-3-5-9-17)21(25)22-19-13-28(26,27)14-20(19)23-10-6-7-11-23/h12,17,19-20H,3-11,13-14H2,1-2H3,(H,22,25). The van der Waals surface area contributed by atoms with E-state index in [-0.39, 0.29) is 29.5 Å². The predicted octanol–water partition coefficient (Wildman–Crippen LogP) is 2.60. The van der Waals surface area contributed by atoms with Gasteiger partial charge in [0.15, 0.2) is 9.84 Å². The van der Waals surface area contributed by atoms with Crippen molar-refractivity contribution in [2.45, 2.75) is 76.9 Å². The van der Waals surface area contributed by atoms with Crippen molar-refractivity contribution >= 4 is 15.7 Å². The minimum absolute atomic E-state index is 0.0568. The van der Waals surface area contributed by atoms with Crippen LogP contribution in [0.15, 0.2) is 6.07 Å². The Balaban J connectivity index is 1.53. The first-order valence-electron chi connectivity index (χ1n) is 10.8. The zero-order valence-electron chi connectivity index (χ0n) is 17.1. The fourth-order valence-corrected chi connectivity index (χ4v) is 7.51. The van der Waals surface area contributed by atoms with Crippen LogP contribution >= 0.6 is 0 Å². The summed E-state index contributed by atoms with van der Waals surface area (Å²) in [6.45, 7) is 5.97. The molecule has 0 bridgehead atoms. The molecule has 0 spiro atoms. The first-order valence-corrected chi connectivity index (χ1v) is 12.6. The highest BCUT2D eigenvalue weighted by molar-refractivity contribution is 7.91. The number of hydrogen-bond acceptors (Lipinski definition) is 4. The highest BCUT2D eigenvalue weighted by atomic mass is 32.2. The summed E-state index contributed by atoms with van der Waals surface area (Å²) in [6, 6.07) is 2.07. The number of carbonyl (C=O) groups excluding carboxylic acids is 1. The fourth-order valence-electron chi connectivity index (χ4n) is 5.55. The third-order valence-electron chi connectivity index (χ3n) is 6.92. The summed E-state index contributed by atoms with van der Waals surface area (Å²) in [6.07, 6.45) is 8.38. The van der Waals surface area contributed by atoms with Crippen LogP contribution in [0.25, 0.3) is 0 Å². The lowest BCUT2D eigenvalue weighted by molar-refractivity contribution is 0.0918. The van der Waals surface area contributed by atoms with Crippen LogP contribution in [0.4, 0.5) is 0 Å². The van der Waals surface area contributed by atoms with E-state index in [2.05, 4.69) is 21.7 Å². The van der Waals surface area contributed by atoms with Gasteiger partial charge in [0.25, 0.3) is 5.91 Å². The maximum absolute atomic E-state index is 13.1. The van der Waals surface area contributed by atoms with Crippen molar-refractivity contribution in [3.63, 3.8) is 0 Å². The highest BCUT2D eigenvalue weighted by Crippen LogP contribution is 2.32. The summed E-state index contributed by atoms with van der Waals surface area (Å²) in [5.74, 6) is 0.0989.